The van der Waals surface area contributed by atoms with Crippen molar-refractivity contribution in [3.63, 3.8) is 0 Å². The molecule has 4 rings (SSSR count). The van der Waals surface area contributed by atoms with Crippen molar-refractivity contribution in [2.45, 2.75) is 64.7 Å². The smallest absolute Gasteiger partial charge is 0.00264 e. The molecular formula is C26H29. The van der Waals surface area contributed by atoms with Gasteiger partial charge in [0.05, 0.1) is 0 Å². The van der Waals surface area contributed by atoms with Gasteiger partial charge in [-0.1, -0.05) is 88.3 Å². The Morgan fingerprint density at radius 3 is 1.73 bits per heavy atom. The highest BCUT2D eigenvalue weighted by atomic mass is 14.1. The molecule has 133 valence electrons. The molecule has 0 amide bonds. The van der Waals surface area contributed by atoms with E-state index in [0.717, 1.165) is 0 Å². The highest BCUT2D eigenvalue weighted by molar-refractivity contribution is 6.23. The molecule has 0 aliphatic heterocycles. The molecule has 0 bridgehead atoms. The number of rotatable bonds is 9. The van der Waals surface area contributed by atoms with Crippen LogP contribution in [0.4, 0.5) is 0 Å². The Kier molecular flexibility index (Phi) is 5.39. The van der Waals surface area contributed by atoms with Crippen molar-refractivity contribution >= 4 is 32.3 Å². The molecule has 0 aliphatic rings. The minimum Gasteiger partial charge on any atom is -0.0654 e. The summed E-state index contributed by atoms with van der Waals surface area (Å²) >= 11 is 0. The van der Waals surface area contributed by atoms with Crippen molar-refractivity contribution in [1.82, 2.24) is 0 Å². The second kappa shape index (κ2) is 8.08. The van der Waals surface area contributed by atoms with Gasteiger partial charge in [-0.25, -0.2) is 0 Å². The summed E-state index contributed by atoms with van der Waals surface area (Å²) in [7, 11) is 0. The van der Waals surface area contributed by atoms with E-state index in [4.69, 9.17) is 0 Å². The molecule has 0 aliphatic carbocycles. The predicted octanol–water partition coefficient (Wildman–Crippen LogP) is 8.07. The fraction of sp³-hybridized carbons (Fsp3) is 0.385. The lowest BCUT2D eigenvalue weighted by Crippen LogP contribution is -1.90. The zero-order chi connectivity index (χ0) is 17.8. The summed E-state index contributed by atoms with van der Waals surface area (Å²) in [4.78, 5) is 0. The Hall–Kier alpha value is -2.08. The van der Waals surface area contributed by atoms with E-state index in [2.05, 4.69) is 61.5 Å². The summed E-state index contributed by atoms with van der Waals surface area (Å²) in [6.45, 7) is 2.29. The monoisotopic (exact) mass is 341 g/mol. The number of hydrogen-bond acceptors (Lipinski definition) is 0. The topological polar surface area (TPSA) is 0 Å². The third kappa shape index (κ3) is 3.56. The van der Waals surface area contributed by atoms with Crippen LogP contribution in [0, 0.1) is 6.07 Å². The molecule has 0 nitrogen and oxygen atoms in total. The average Bonchev–Trinajstić information content (AvgIpc) is 2.68. The molecule has 0 aromatic heterocycles. The first-order valence-corrected chi connectivity index (χ1v) is 10.4. The maximum Gasteiger partial charge on any atom is -0.00264 e. The molecule has 0 atom stereocenters. The van der Waals surface area contributed by atoms with E-state index in [-0.39, 0.29) is 0 Å². The molecule has 0 fully saturated rings. The maximum absolute atomic E-state index is 3.26. The van der Waals surface area contributed by atoms with Gasteiger partial charge in [0.2, 0.25) is 0 Å². The van der Waals surface area contributed by atoms with Crippen molar-refractivity contribution in [2.24, 2.45) is 0 Å². The van der Waals surface area contributed by atoms with E-state index < -0.39 is 0 Å². The van der Waals surface area contributed by atoms with E-state index in [1.165, 1.54) is 95.7 Å². The predicted molar refractivity (Wildman–Crippen MR) is 115 cm³/mol. The first-order chi connectivity index (χ1) is 12.9. The summed E-state index contributed by atoms with van der Waals surface area (Å²) in [5, 5.41) is 8.21. The summed E-state index contributed by atoms with van der Waals surface area (Å²) in [5.41, 5.74) is 1.49. The molecule has 0 saturated carbocycles. The van der Waals surface area contributed by atoms with E-state index in [0.29, 0.717) is 0 Å². The minimum absolute atomic E-state index is 1.21. The van der Waals surface area contributed by atoms with E-state index in [1.807, 2.05) is 0 Å². The Morgan fingerprint density at radius 1 is 0.615 bits per heavy atom. The Balaban J connectivity index is 1.45. The van der Waals surface area contributed by atoms with Crippen molar-refractivity contribution in [1.29, 1.82) is 0 Å². The summed E-state index contributed by atoms with van der Waals surface area (Å²) < 4.78 is 0. The van der Waals surface area contributed by atoms with Crippen LogP contribution in [0.2, 0.25) is 0 Å². The number of benzene rings is 4. The van der Waals surface area contributed by atoms with Gasteiger partial charge in [0.1, 0.15) is 0 Å². The SMILES string of the molecule is CCCCCCCCCCc1cc2ccc3c[c]cc4ccc(c1)c2c34. The summed E-state index contributed by atoms with van der Waals surface area (Å²) in [5.74, 6) is 0. The van der Waals surface area contributed by atoms with Gasteiger partial charge in [-0.2, -0.15) is 0 Å². The van der Waals surface area contributed by atoms with Gasteiger partial charge in [0, 0.05) is 0 Å². The normalized spacial score (nSPS) is 11.9. The molecule has 0 heteroatoms. The molecule has 26 heavy (non-hydrogen) atoms. The fourth-order valence-corrected chi connectivity index (χ4v) is 4.35. The maximum atomic E-state index is 3.26. The molecule has 4 aromatic rings. The average molecular weight is 342 g/mol. The third-order valence-electron chi connectivity index (χ3n) is 5.77. The first-order valence-electron chi connectivity index (χ1n) is 10.4. The van der Waals surface area contributed by atoms with Crippen molar-refractivity contribution in [3.8, 4) is 0 Å². The molecule has 0 heterocycles. The molecule has 0 unspecified atom stereocenters. The Bertz CT molecular complexity index is 915. The van der Waals surface area contributed by atoms with Crippen LogP contribution in [0.5, 0.6) is 0 Å². The largest absolute Gasteiger partial charge is 0.0654 e. The zero-order valence-corrected chi connectivity index (χ0v) is 16.0. The van der Waals surface area contributed by atoms with Gasteiger partial charge in [-0.05, 0) is 68.9 Å². The van der Waals surface area contributed by atoms with Crippen LogP contribution in [0.15, 0.2) is 48.5 Å². The lowest BCUT2D eigenvalue weighted by Gasteiger charge is -2.12. The van der Waals surface area contributed by atoms with Gasteiger partial charge < -0.3 is 0 Å². The van der Waals surface area contributed by atoms with Crippen LogP contribution in [-0.2, 0) is 6.42 Å². The van der Waals surface area contributed by atoms with Crippen LogP contribution in [-0.4, -0.2) is 0 Å². The minimum atomic E-state index is 1.21. The van der Waals surface area contributed by atoms with Crippen LogP contribution < -0.4 is 0 Å². The Morgan fingerprint density at radius 2 is 1.12 bits per heavy atom. The second-order valence-electron chi connectivity index (χ2n) is 7.78. The molecule has 0 saturated heterocycles. The van der Waals surface area contributed by atoms with Crippen LogP contribution in [0.1, 0.15) is 63.9 Å². The standard InChI is InChI=1S/C26H29/c1-2-3-4-5-6-7-8-9-11-20-18-23-16-14-21-12-10-13-22-15-17-24(19-20)26(23)25(21)22/h12-19H,2-9,11H2,1H3. The molecule has 4 aromatic carbocycles. The fourth-order valence-electron chi connectivity index (χ4n) is 4.35. The summed E-state index contributed by atoms with van der Waals surface area (Å²) in [6, 6.07) is 21.4. The van der Waals surface area contributed by atoms with Crippen LogP contribution >= 0.6 is 0 Å². The lowest BCUT2D eigenvalue weighted by atomic mass is 9.92. The first kappa shape index (κ1) is 17.3. The Labute approximate surface area is 157 Å². The van der Waals surface area contributed by atoms with Crippen molar-refractivity contribution < 1.29 is 0 Å². The second-order valence-corrected chi connectivity index (χ2v) is 7.78. The number of aryl methyl sites for hydroxylation is 1. The highest BCUT2D eigenvalue weighted by Gasteiger charge is 2.09. The zero-order valence-electron chi connectivity index (χ0n) is 16.0. The third-order valence-corrected chi connectivity index (χ3v) is 5.77. The van der Waals surface area contributed by atoms with Gasteiger partial charge in [-0.15, -0.1) is 0 Å². The molecule has 0 spiro atoms. The van der Waals surface area contributed by atoms with E-state index >= 15 is 0 Å². The molecule has 1 radical (unpaired) electrons. The number of hydrogen-bond donors (Lipinski definition) is 0. The molecular weight excluding hydrogens is 312 g/mol. The highest BCUT2D eigenvalue weighted by Crippen LogP contribution is 2.35. The summed E-state index contributed by atoms with van der Waals surface area (Å²) in [6.07, 6.45) is 12.3. The van der Waals surface area contributed by atoms with E-state index in [9.17, 15) is 0 Å². The quantitative estimate of drug-likeness (QED) is 0.213. The molecule has 0 N–H and O–H groups in total. The van der Waals surface area contributed by atoms with E-state index in [1.54, 1.807) is 0 Å². The van der Waals surface area contributed by atoms with Crippen molar-refractivity contribution in [3.05, 3.63) is 60.2 Å². The van der Waals surface area contributed by atoms with Gasteiger partial charge in [0.25, 0.3) is 0 Å². The van der Waals surface area contributed by atoms with Gasteiger partial charge in [-0.3, -0.25) is 0 Å². The van der Waals surface area contributed by atoms with Gasteiger partial charge in [0.15, 0.2) is 0 Å². The van der Waals surface area contributed by atoms with Crippen molar-refractivity contribution in [2.75, 3.05) is 0 Å². The number of unbranched alkanes of at least 4 members (excludes halogenated alkanes) is 7. The van der Waals surface area contributed by atoms with Crippen LogP contribution in [0.3, 0.4) is 0 Å². The van der Waals surface area contributed by atoms with Crippen LogP contribution in [0.25, 0.3) is 32.3 Å². The lowest BCUT2D eigenvalue weighted by molar-refractivity contribution is 0.575. The van der Waals surface area contributed by atoms with Gasteiger partial charge >= 0.3 is 0 Å².